The number of hydrogen-bond acceptors (Lipinski definition) is 3. The van der Waals surface area contributed by atoms with Crippen LogP contribution in [0.1, 0.15) is 12.5 Å². The van der Waals surface area contributed by atoms with Crippen LogP contribution < -0.4 is 11.1 Å². The average molecular weight is 317 g/mol. The second kappa shape index (κ2) is 7.34. The summed E-state index contributed by atoms with van der Waals surface area (Å²) in [4.78, 5) is 5.16. The van der Waals surface area contributed by atoms with Crippen molar-refractivity contribution >= 4 is 38.6 Å². The maximum Gasteiger partial charge on any atom is 0.299 e. The zero-order chi connectivity index (χ0) is 12.7. The highest BCUT2D eigenvalue weighted by Gasteiger charge is 1.99. The first-order valence-corrected chi connectivity index (χ1v) is 6.80. The normalized spacial score (nSPS) is 11.3. The Balaban J connectivity index is 2.39. The molecular formula is C11H15BrN3OS+. The first-order chi connectivity index (χ1) is 8.09. The molecule has 1 rings (SSSR count). The Morgan fingerprint density at radius 1 is 1.47 bits per heavy atom. The van der Waals surface area contributed by atoms with Gasteiger partial charge in [-0.05, 0) is 36.4 Å². The second-order valence-corrected chi connectivity index (χ2v) is 5.35. The van der Waals surface area contributed by atoms with E-state index in [0.29, 0.717) is 17.5 Å². The minimum atomic E-state index is 0.349. The number of nitrogens with zero attached hydrogens (tertiary/aromatic N) is 1. The third kappa shape index (κ3) is 5.74. The van der Waals surface area contributed by atoms with E-state index in [1.54, 1.807) is 0 Å². The van der Waals surface area contributed by atoms with E-state index in [-0.39, 0.29) is 0 Å². The van der Waals surface area contributed by atoms with E-state index in [2.05, 4.69) is 21.1 Å². The van der Waals surface area contributed by atoms with Gasteiger partial charge in [0.2, 0.25) is 0 Å². The van der Waals surface area contributed by atoms with E-state index >= 15 is 0 Å². The lowest BCUT2D eigenvalue weighted by Gasteiger charge is -2.01. The highest BCUT2D eigenvalue weighted by Crippen LogP contribution is 2.11. The molecule has 0 bridgehead atoms. The van der Waals surface area contributed by atoms with E-state index in [1.165, 1.54) is 11.8 Å². The van der Waals surface area contributed by atoms with Crippen molar-refractivity contribution in [3.8, 4) is 0 Å². The fourth-order valence-electron chi connectivity index (χ4n) is 1.08. The lowest BCUT2D eigenvalue weighted by molar-refractivity contribution is -0.110. The van der Waals surface area contributed by atoms with Crippen molar-refractivity contribution < 1.29 is 10.2 Å². The van der Waals surface area contributed by atoms with Crippen LogP contribution >= 0.6 is 27.7 Å². The fourth-order valence-corrected chi connectivity index (χ4v) is 1.74. The second-order valence-electron chi connectivity index (χ2n) is 3.27. The molecule has 4 N–H and O–H groups in total. The van der Waals surface area contributed by atoms with E-state index in [4.69, 9.17) is 16.0 Å². The van der Waals surface area contributed by atoms with Gasteiger partial charge < -0.3 is 4.84 Å². The first-order valence-electron chi connectivity index (χ1n) is 5.03. The van der Waals surface area contributed by atoms with Crippen molar-refractivity contribution in [1.82, 2.24) is 0 Å². The Hall–Kier alpha value is -1.01. The van der Waals surface area contributed by atoms with E-state index < -0.39 is 0 Å². The van der Waals surface area contributed by atoms with Crippen LogP contribution in [-0.2, 0) is 4.84 Å². The summed E-state index contributed by atoms with van der Waals surface area (Å²) < 4.78 is 1.04. The van der Waals surface area contributed by atoms with Gasteiger partial charge in [-0.3, -0.25) is 11.1 Å². The van der Waals surface area contributed by atoms with Crippen LogP contribution in [0.5, 0.6) is 0 Å². The van der Waals surface area contributed by atoms with Crippen molar-refractivity contribution in [2.45, 2.75) is 6.92 Å². The fraction of sp³-hybridized carbons (Fsp3) is 0.273. The summed E-state index contributed by atoms with van der Waals surface area (Å²) >= 11 is 4.73. The van der Waals surface area contributed by atoms with Crippen LogP contribution in [0.15, 0.2) is 33.9 Å². The topological polar surface area (TPSA) is 73.2 Å². The Labute approximate surface area is 113 Å². The van der Waals surface area contributed by atoms with Crippen LogP contribution in [0, 0.1) is 0 Å². The molecule has 17 heavy (non-hydrogen) atoms. The minimum absolute atomic E-state index is 0.349. The van der Waals surface area contributed by atoms with Gasteiger partial charge in [-0.2, -0.15) is 0 Å². The lowest BCUT2D eigenvalue weighted by atomic mass is 10.1. The van der Waals surface area contributed by atoms with Crippen molar-refractivity contribution in [1.29, 1.82) is 0 Å². The van der Waals surface area contributed by atoms with Gasteiger partial charge in [-0.15, -0.1) is 0 Å². The lowest BCUT2D eigenvalue weighted by Crippen LogP contribution is -2.43. The summed E-state index contributed by atoms with van der Waals surface area (Å²) in [7, 11) is 0. The molecule has 6 heteroatoms. The van der Waals surface area contributed by atoms with E-state index in [0.717, 1.165) is 15.7 Å². The van der Waals surface area contributed by atoms with Crippen LogP contribution in [0.2, 0.25) is 0 Å². The number of rotatable bonds is 5. The summed E-state index contributed by atoms with van der Waals surface area (Å²) in [6, 6.07) is 7.89. The first kappa shape index (κ1) is 14.1. The molecule has 92 valence electrons. The van der Waals surface area contributed by atoms with Gasteiger partial charge >= 0.3 is 0 Å². The largest absolute Gasteiger partial charge is 0.395 e. The molecule has 0 radical (unpaired) electrons. The zero-order valence-corrected chi connectivity index (χ0v) is 11.9. The molecule has 0 saturated carbocycles. The van der Waals surface area contributed by atoms with Gasteiger partial charge in [-0.25, -0.2) is 0 Å². The molecule has 1 aromatic carbocycles. The van der Waals surface area contributed by atoms with Crippen LogP contribution in [-0.4, -0.2) is 23.2 Å². The summed E-state index contributed by atoms with van der Waals surface area (Å²) in [6.45, 7) is 2.39. The molecule has 0 spiro atoms. The van der Waals surface area contributed by atoms with Crippen molar-refractivity contribution in [2.75, 3.05) is 12.4 Å². The smallest absolute Gasteiger partial charge is 0.299 e. The zero-order valence-electron chi connectivity index (χ0n) is 9.52. The Morgan fingerprint density at radius 2 is 2.12 bits per heavy atom. The molecule has 0 aliphatic rings. The number of halogens is 1. The maximum absolute atomic E-state index is 5.30. The minimum Gasteiger partial charge on any atom is -0.395 e. The van der Waals surface area contributed by atoms with Gasteiger partial charge in [-0.1, -0.05) is 33.2 Å². The average Bonchev–Trinajstić information content (AvgIpc) is 2.29. The highest BCUT2D eigenvalue weighted by atomic mass is 79.9. The molecular weight excluding hydrogens is 302 g/mol. The van der Waals surface area contributed by atoms with Crippen molar-refractivity contribution in [2.24, 2.45) is 10.9 Å². The molecule has 0 unspecified atom stereocenters. The standard InChI is InChI=1S/C11H14BrN3OS/c1-8(9-2-4-10(12)5-3-9)15-16-6-7-17-11(13)14/h2-5H,6-7H2,1H3,(H3,13,14)/p+1. The highest BCUT2D eigenvalue weighted by molar-refractivity contribution is 9.10. The van der Waals surface area contributed by atoms with Gasteiger partial charge in [0.05, 0.1) is 5.71 Å². The number of oxime groups is 1. The van der Waals surface area contributed by atoms with E-state index in [9.17, 15) is 0 Å². The predicted octanol–water partition coefficient (Wildman–Crippen LogP) is 0.997. The molecule has 0 amide bonds. The maximum atomic E-state index is 5.30. The molecule has 0 aliphatic heterocycles. The number of hydrogen-bond donors (Lipinski definition) is 2. The summed E-state index contributed by atoms with van der Waals surface area (Å²) in [5.74, 6) is 0.694. The third-order valence-electron chi connectivity index (χ3n) is 1.91. The molecule has 0 aliphatic carbocycles. The van der Waals surface area contributed by atoms with Crippen LogP contribution in [0.3, 0.4) is 0 Å². The summed E-state index contributed by atoms with van der Waals surface area (Å²) in [6.07, 6.45) is 0. The van der Waals surface area contributed by atoms with Gasteiger partial charge in [0, 0.05) is 10.2 Å². The SMILES string of the molecule is CC(=NOCCSC(N)=[NH2+])c1ccc(Br)cc1. The molecule has 1 aromatic rings. The van der Waals surface area contributed by atoms with Gasteiger partial charge in [0.15, 0.2) is 0 Å². The summed E-state index contributed by atoms with van der Waals surface area (Å²) in [5, 5.41) is 9.67. The van der Waals surface area contributed by atoms with Gasteiger partial charge in [0.25, 0.3) is 5.17 Å². The Morgan fingerprint density at radius 3 is 2.71 bits per heavy atom. The molecule has 0 heterocycles. The van der Waals surface area contributed by atoms with Crippen molar-refractivity contribution in [3.05, 3.63) is 34.3 Å². The quantitative estimate of drug-likeness (QED) is 0.368. The van der Waals surface area contributed by atoms with Crippen LogP contribution in [0.25, 0.3) is 0 Å². The van der Waals surface area contributed by atoms with Crippen molar-refractivity contribution in [3.63, 3.8) is 0 Å². The van der Waals surface area contributed by atoms with E-state index in [1.807, 2.05) is 31.2 Å². The Bertz CT molecular complexity index is 406. The molecule has 0 fully saturated rings. The Kier molecular flexibility index (Phi) is 6.07. The number of amidine groups is 1. The molecule has 0 atom stereocenters. The predicted molar refractivity (Wildman–Crippen MR) is 75.9 cm³/mol. The molecule has 0 aromatic heterocycles. The number of nitrogens with two attached hydrogens (primary N) is 2. The summed E-state index contributed by atoms with van der Waals surface area (Å²) in [5.41, 5.74) is 7.17. The van der Waals surface area contributed by atoms with Crippen LogP contribution in [0.4, 0.5) is 0 Å². The third-order valence-corrected chi connectivity index (χ3v) is 3.14. The monoisotopic (exact) mass is 316 g/mol. The molecule has 4 nitrogen and oxygen atoms in total. The number of benzene rings is 1. The number of thioether (sulfide) groups is 1. The van der Waals surface area contributed by atoms with Gasteiger partial charge in [0.1, 0.15) is 6.61 Å². The molecule has 0 saturated heterocycles.